The highest BCUT2D eigenvalue weighted by molar-refractivity contribution is 5.95. The lowest BCUT2D eigenvalue weighted by molar-refractivity contribution is -0.150. The Labute approximate surface area is 141 Å². The van der Waals surface area contributed by atoms with Gasteiger partial charge in [-0.2, -0.15) is 0 Å². The molecule has 0 spiro atoms. The lowest BCUT2D eigenvalue weighted by Crippen LogP contribution is -2.49. The molecule has 1 N–H and O–H groups in total. The minimum absolute atomic E-state index is 0.0655. The van der Waals surface area contributed by atoms with E-state index in [9.17, 15) is 19.5 Å². The minimum Gasteiger partial charge on any atom is -0.480 e. The summed E-state index contributed by atoms with van der Waals surface area (Å²) in [6, 6.07) is 8.34. The first-order valence-electron chi connectivity index (χ1n) is 8.45. The molecule has 1 aromatic rings. The van der Waals surface area contributed by atoms with Crippen molar-refractivity contribution in [3.8, 4) is 0 Å². The number of carboxylic acid groups (broad SMARTS) is 1. The predicted octanol–water partition coefficient (Wildman–Crippen LogP) is 1.61. The summed E-state index contributed by atoms with van der Waals surface area (Å²) in [6.45, 7) is 1.51. The molecular formula is C18H22N2O4. The monoisotopic (exact) mass is 330 g/mol. The number of amides is 2. The number of carbonyl (C=O) groups is 3. The fourth-order valence-electron chi connectivity index (χ4n) is 3.65. The SMILES string of the molecule is O=C(O)[C@@H]1CCCN1C(=O)C1CCCN(C(=O)c2ccccc2)C1. The van der Waals surface area contributed by atoms with E-state index in [0.29, 0.717) is 38.0 Å². The summed E-state index contributed by atoms with van der Waals surface area (Å²) in [5.74, 6) is -1.42. The van der Waals surface area contributed by atoms with Gasteiger partial charge in [-0.15, -0.1) is 0 Å². The van der Waals surface area contributed by atoms with Gasteiger partial charge in [0.25, 0.3) is 5.91 Å². The number of hydrogen-bond acceptors (Lipinski definition) is 3. The summed E-state index contributed by atoms with van der Waals surface area (Å²) in [7, 11) is 0. The van der Waals surface area contributed by atoms with Crippen molar-refractivity contribution in [2.45, 2.75) is 31.7 Å². The Balaban J connectivity index is 1.68. The summed E-state index contributed by atoms with van der Waals surface area (Å²) >= 11 is 0. The maximum atomic E-state index is 12.7. The molecule has 2 aliphatic heterocycles. The van der Waals surface area contributed by atoms with Crippen molar-refractivity contribution in [3.63, 3.8) is 0 Å². The van der Waals surface area contributed by atoms with E-state index in [4.69, 9.17) is 0 Å². The van der Waals surface area contributed by atoms with Crippen LogP contribution in [0.4, 0.5) is 0 Å². The Hall–Kier alpha value is -2.37. The number of carbonyl (C=O) groups excluding carboxylic acids is 2. The number of likely N-dealkylation sites (tertiary alicyclic amines) is 2. The molecule has 0 aromatic heterocycles. The van der Waals surface area contributed by atoms with Crippen LogP contribution in [0.3, 0.4) is 0 Å². The average Bonchev–Trinajstić information content (AvgIpc) is 3.11. The molecule has 2 amide bonds. The van der Waals surface area contributed by atoms with Gasteiger partial charge >= 0.3 is 5.97 Å². The Morgan fingerprint density at radius 3 is 2.42 bits per heavy atom. The molecule has 0 bridgehead atoms. The molecule has 2 aliphatic rings. The van der Waals surface area contributed by atoms with Crippen LogP contribution in [0.15, 0.2) is 30.3 Å². The highest BCUT2D eigenvalue weighted by atomic mass is 16.4. The first-order valence-corrected chi connectivity index (χ1v) is 8.45. The molecule has 24 heavy (non-hydrogen) atoms. The van der Waals surface area contributed by atoms with E-state index in [0.717, 1.165) is 12.8 Å². The molecular weight excluding hydrogens is 308 g/mol. The van der Waals surface area contributed by atoms with Crippen LogP contribution in [-0.4, -0.2) is 58.4 Å². The van der Waals surface area contributed by atoms with E-state index in [1.54, 1.807) is 17.0 Å². The molecule has 128 valence electrons. The van der Waals surface area contributed by atoms with Crippen LogP contribution < -0.4 is 0 Å². The van der Waals surface area contributed by atoms with Crippen LogP contribution in [0.1, 0.15) is 36.0 Å². The van der Waals surface area contributed by atoms with Gasteiger partial charge in [0.2, 0.25) is 5.91 Å². The van der Waals surface area contributed by atoms with Crippen LogP contribution in [0.2, 0.25) is 0 Å². The number of benzene rings is 1. The van der Waals surface area contributed by atoms with Gasteiger partial charge in [0, 0.05) is 25.2 Å². The Morgan fingerprint density at radius 2 is 1.71 bits per heavy atom. The van der Waals surface area contributed by atoms with Gasteiger partial charge in [0.15, 0.2) is 0 Å². The predicted molar refractivity (Wildman–Crippen MR) is 87.4 cm³/mol. The van der Waals surface area contributed by atoms with Crippen LogP contribution in [0, 0.1) is 5.92 Å². The van der Waals surface area contributed by atoms with E-state index in [1.165, 1.54) is 4.90 Å². The third-order valence-electron chi connectivity index (χ3n) is 4.90. The number of piperidine rings is 1. The number of aliphatic carboxylic acids is 1. The van der Waals surface area contributed by atoms with Crippen molar-refractivity contribution in [1.29, 1.82) is 0 Å². The third kappa shape index (κ3) is 3.27. The lowest BCUT2D eigenvalue weighted by Gasteiger charge is -2.35. The second-order valence-electron chi connectivity index (χ2n) is 6.48. The van der Waals surface area contributed by atoms with Crippen molar-refractivity contribution in [1.82, 2.24) is 9.80 Å². The molecule has 6 heteroatoms. The molecule has 1 aromatic carbocycles. The number of rotatable bonds is 3. The Bertz CT molecular complexity index is 631. The zero-order valence-corrected chi connectivity index (χ0v) is 13.6. The van der Waals surface area contributed by atoms with E-state index >= 15 is 0 Å². The number of carboxylic acids is 1. The van der Waals surface area contributed by atoms with Gasteiger partial charge in [-0.3, -0.25) is 9.59 Å². The standard InChI is InChI=1S/C18H22N2O4/c21-16(13-6-2-1-3-7-13)19-10-4-8-14(12-19)17(22)20-11-5-9-15(20)18(23)24/h1-3,6-7,14-15H,4-5,8-12H2,(H,23,24)/t14?,15-/m0/s1. The second kappa shape index (κ2) is 7.03. The lowest BCUT2D eigenvalue weighted by atomic mass is 9.95. The van der Waals surface area contributed by atoms with E-state index < -0.39 is 12.0 Å². The van der Waals surface area contributed by atoms with Gasteiger partial charge in [-0.25, -0.2) is 4.79 Å². The van der Waals surface area contributed by atoms with Crippen LogP contribution in [0.25, 0.3) is 0 Å². The Kier molecular flexibility index (Phi) is 4.83. The smallest absolute Gasteiger partial charge is 0.326 e. The molecule has 2 fully saturated rings. The summed E-state index contributed by atoms with van der Waals surface area (Å²) in [5, 5.41) is 9.26. The molecule has 0 saturated carbocycles. The van der Waals surface area contributed by atoms with Gasteiger partial charge in [0.05, 0.1) is 5.92 Å². The third-order valence-corrected chi connectivity index (χ3v) is 4.90. The zero-order valence-electron chi connectivity index (χ0n) is 13.6. The summed E-state index contributed by atoms with van der Waals surface area (Å²) < 4.78 is 0. The highest BCUT2D eigenvalue weighted by Crippen LogP contribution is 2.25. The van der Waals surface area contributed by atoms with Gasteiger partial charge < -0.3 is 14.9 Å². The van der Waals surface area contributed by atoms with E-state index in [2.05, 4.69) is 0 Å². The first-order chi connectivity index (χ1) is 11.6. The molecule has 3 rings (SSSR count). The van der Waals surface area contributed by atoms with Crippen molar-refractivity contribution in [2.24, 2.45) is 5.92 Å². The summed E-state index contributed by atoms with van der Waals surface area (Å²) in [6.07, 6.45) is 2.71. The summed E-state index contributed by atoms with van der Waals surface area (Å²) in [4.78, 5) is 39.8. The Morgan fingerprint density at radius 1 is 1.00 bits per heavy atom. The largest absolute Gasteiger partial charge is 0.480 e. The molecule has 2 atom stereocenters. The minimum atomic E-state index is -0.936. The maximum Gasteiger partial charge on any atom is 0.326 e. The first kappa shape index (κ1) is 16.5. The second-order valence-corrected chi connectivity index (χ2v) is 6.48. The highest BCUT2D eigenvalue weighted by Gasteiger charge is 2.39. The van der Waals surface area contributed by atoms with Gasteiger partial charge in [-0.05, 0) is 37.8 Å². The fourth-order valence-corrected chi connectivity index (χ4v) is 3.65. The fraction of sp³-hybridized carbons (Fsp3) is 0.500. The van der Waals surface area contributed by atoms with E-state index in [-0.39, 0.29) is 17.7 Å². The number of hydrogen-bond donors (Lipinski definition) is 1. The quantitative estimate of drug-likeness (QED) is 0.913. The van der Waals surface area contributed by atoms with Gasteiger partial charge in [0.1, 0.15) is 6.04 Å². The molecule has 6 nitrogen and oxygen atoms in total. The normalized spacial score (nSPS) is 24.0. The molecule has 0 radical (unpaired) electrons. The topological polar surface area (TPSA) is 77.9 Å². The molecule has 2 saturated heterocycles. The van der Waals surface area contributed by atoms with Crippen LogP contribution in [-0.2, 0) is 9.59 Å². The van der Waals surface area contributed by atoms with Crippen molar-refractivity contribution >= 4 is 17.8 Å². The zero-order chi connectivity index (χ0) is 17.1. The van der Waals surface area contributed by atoms with Crippen LogP contribution in [0.5, 0.6) is 0 Å². The van der Waals surface area contributed by atoms with Crippen molar-refractivity contribution < 1.29 is 19.5 Å². The van der Waals surface area contributed by atoms with E-state index in [1.807, 2.05) is 18.2 Å². The van der Waals surface area contributed by atoms with Gasteiger partial charge in [-0.1, -0.05) is 18.2 Å². The van der Waals surface area contributed by atoms with Crippen molar-refractivity contribution in [3.05, 3.63) is 35.9 Å². The molecule has 0 aliphatic carbocycles. The molecule has 2 heterocycles. The van der Waals surface area contributed by atoms with Crippen molar-refractivity contribution in [2.75, 3.05) is 19.6 Å². The number of nitrogens with zero attached hydrogens (tertiary/aromatic N) is 2. The molecule has 1 unspecified atom stereocenters. The summed E-state index contributed by atoms with van der Waals surface area (Å²) in [5.41, 5.74) is 0.621. The average molecular weight is 330 g/mol. The maximum absolute atomic E-state index is 12.7. The van der Waals surface area contributed by atoms with Crippen LogP contribution >= 0.6 is 0 Å².